The summed E-state index contributed by atoms with van der Waals surface area (Å²) in [6.07, 6.45) is 7.69. The summed E-state index contributed by atoms with van der Waals surface area (Å²) in [5, 5.41) is 3.42. The zero-order valence-electron chi connectivity index (χ0n) is 10.7. The van der Waals surface area contributed by atoms with E-state index in [4.69, 9.17) is 0 Å². The third-order valence-corrected chi connectivity index (χ3v) is 3.94. The van der Waals surface area contributed by atoms with Crippen molar-refractivity contribution in [1.82, 2.24) is 14.9 Å². The molecule has 1 aliphatic heterocycles. The molecule has 0 bridgehead atoms. The first kappa shape index (κ1) is 11.6. The van der Waals surface area contributed by atoms with Crippen LogP contribution in [0, 0.1) is 0 Å². The van der Waals surface area contributed by atoms with Gasteiger partial charge in [0.15, 0.2) is 0 Å². The Bertz CT molecular complexity index is 335. The molecule has 2 rings (SSSR count). The van der Waals surface area contributed by atoms with E-state index >= 15 is 0 Å². The highest BCUT2D eigenvalue weighted by molar-refractivity contribution is 5.10. The Hall–Kier alpha value is -0.830. The van der Waals surface area contributed by atoms with Crippen LogP contribution in [0.5, 0.6) is 0 Å². The van der Waals surface area contributed by atoms with E-state index in [-0.39, 0.29) is 5.54 Å². The van der Waals surface area contributed by atoms with Crippen molar-refractivity contribution < 1.29 is 0 Å². The summed E-state index contributed by atoms with van der Waals surface area (Å²) in [4.78, 5) is 4.35. The summed E-state index contributed by atoms with van der Waals surface area (Å²) in [7, 11) is 0. The van der Waals surface area contributed by atoms with E-state index in [1.54, 1.807) is 0 Å². The van der Waals surface area contributed by atoms with Gasteiger partial charge in [0.1, 0.15) is 0 Å². The first-order chi connectivity index (χ1) is 7.65. The third-order valence-electron chi connectivity index (χ3n) is 3.94. The van der Waals surface area contributed by atoms with Gasteiger partial charge in [0.05, 0.1) is 6.33 Å². The molecule has 1 aromatic rings. The summed E-state index contributed by atoms with van der Waals surface area (Å²) < 4.78 is 2.38. The Kier molecular flexibility index (Phi) is 3.33. The van der Waals surface area contributed by atoms with Crippen LogP contribution < -0.4 is 5.32 Å². The second kappa shape index (κ2) is 4.58. The highest BCUT2D eigenvalue weighted by atomic mass is 15.1. The molecule has 1 aromatic heterocycles. The smallest absolute Gasteiger partial charge is 0.0953 e. The fourth-order valence-corrected chi connectivity index (χ4v) is 2.40. The first-order valence-corrected chi connectivity index (χ1v) is 6.38. The van der Waals surface area contributed by atoms with Crippen molar-refractivity contribution in [3.63, 3.8) is 0 Å². The summed E-state index contributed by atoms with van der Waals surface area (Å²) in [6.45, 7) is 9.11. The molecule has 0 saturated carbocycles. The molecule has 0 unspecified atom stereocenters. The maximum Gasteiger partial charge on any atom is 0.0953 e. The molecule has 0 radical (unpaired) electrons. The second-order valence-electron chi connectivity index (χ2n) is 5.38. The highest BCUT2D eigenvalue weighted by Gasteiger charge is 2.25. The lowest BCUT2D eigenvalue weighted by Crippen LogP contribution is -2.31. The Morgan fingerprint density at radius 3 is 2.75 bits per heavy atom. The Morgan fingerprint density at radius 1 is 1.44 bits per heavy atom. The number of piperidine rings is 1. The van der Waals surface area contributed by atoms with Crippen LogP contribution in [-0.4, -0.2) is 22.6 Å². The van der Waals surface area contributed by atoms with Crippen LogP contribution in [0.4, 0.5) is 0 Å². The van der Waals surface area contributed by atoms with E-state index in [2.05, 4.69) is 41.8 Å². The lowest BCUT2D eigenvalue weighted by molar-refractivity contribution is 0.316. The lowest BCUT2D eigenvalue weighted by atomic mass is 9.92. The molecule has 1 aliphatic rings. The lowest BCUT2D eigenvalue weighted by Gasteiger charge is -2.31. The number of aromatic nitrogens is 2. The summed E-state index contributed by atoms with van der Waals surface area (Å²) in [5.41, 5.74) is 1.62. The third kappa shape index (κ3) is 2.14. The van der Waals surface area contributed by atoms with Gasteiger partial charge in [0.2, 0.25) is 0 Å². The molecule has 0 amide bonds. The van der Waals surface area contributed by atoms with Crippen molar-refractivity contribution in [1.29, 1.82) is 0 Å². The van der Waals surface area contributed by atoms with E-state index in [1.807, 2.05) is 6.33 Å². The zero-order valence-corrected chi connectivity index (χ0v) is 10.7. The number of nitrogens with zero attached hydrogens (tertiary/aromatic N) is 2. The fraction of sp³-hybridized carbons (Fsp3) is 0.769. The first-order valence-electron chi connectivity index (χ1n) is 6.38. The summed E-state index contributed by atoms with van der Waals surface area (Å²) >= 11 is 0. The predicted molar refractivity (Wildman–Crippen MR) is 66.7 cm³/mol. The number of rotatable bonds is 3. The monoisotopic (exact) mass is 221 g/mol. The van der Waals surface area contributed by atoms with E-state index in [0.29, 0.717) is 5.92 Å². The molecular weight excluding hydrogens is 198 g/mol. The average molecular weight is 221 g/mol. The van der Waals surface area contributed by atoms with Crippen LogP contribution in [0.25, 0.3) is 0 Å². The molecule has 1 fully saturated rings. The van der Waals surface area contributed by atoms with Gasteiger partial charge in [-0.2, -0.15) is 0 Å². The minimum atomic E-state index is 0.191. The molecule has 0 atom stereocenters. The molecule has 0 aliphatic carbocycles. The van der Waals surface area contributed by atoms with Gasteiger partial charge in [-0.25, -0.2) is 4.98 Å². The van der Waals surface area contributed by atoms with Gasteiger partial charge in [-0.1, -0.05) is 6.92 Å². The van der Waals surface area contributed by atoms with Gasteiger partial charge < -0.3 is 9.88 Å². The van der Waals surface area contributed by atoms with Crippen molar-refractivity contribution >= 4 is 0 Å². The van der Waals surface area contributed by atoms with Crippen molar-refractivity contribution in [3.8, 4) is 0 Å². The van der Waals surface area contributed by atoms with Crippen molar-refractivity contribution in [3.05, 3.63) is 18.2 Å². The molecule has 1 saturated heterocycles. The maximum atomic E-state index is 4.35. The van der Waals surface area contributed by atoms with Crippen LogP contribution in [0.2, 0.25) is 0 Å². The topological polar surface area (TPSA) is 29.9 Å². The van der Waals surface area contributed by atoms with Gasteiger partial charge >= 0.3 is 0 Å². The summed E-state index contributed by atoms with van der Waals surface area (Å²) in [6, 6.07) is 0. The molecule has 3 nitrogen and oxygen atoms in total. The van der Waals surface area contributed by atoms with Gasteiger partial charge in [-0.15, -0.1) is 0 Å². The Balaban J connectivity index is 2.24. The maximum absolute atomic E-state index is 4.35. The molecule has 0 aromatic carbocycles. The molecule has 16 heavy (non-hydrogen) atoms. The SMILES string of the molecule is CCC(C)(C)n1cncc1C1CCNCC1. The zero-order chi connectivity index (χ0) is 11.6. The minimum Gasteiger partial charge on any atom is -0.329 e. The van der Waals surface area contributed by atoms with E-state index in [1.165, 1.54) is 18.5 Å². The van der Waals surface area contributed by atoms with Gasteiger partial charge in [-0.3, -0.25) is 0 Å². The van der Waals surface area contributed by atoms with Crippen LogP contribution >= 0.6 is 0 Å². The highest BCUT2D eigenvalue weighted by Crippen LogP contribution is 2.30. The number of imidazole rings is 1. The van der Waals surface area contributed by atoms with Crippen LogP contribution in [0.3, 0.4) is 0 Å². The summed E-state index contributed by atoms with van der Waals surface area (Å²) in [5.74, 6) is 0.689. The van der Waals surface area contributed by atoms with Crippen LogP contribution in [0.1, 0.15) is 51.6 Å². The molecule has 2 heterocycles. The van der Waals surface area contributed by atoms with Crippen LogP contribution in [0.15, 0.2) is 12.5 Å². The quantitative estimate of drug-likeness (QED) is 0.850. The molecule has 1 N–H and O–H groups in total. The number of nitrogens with one attached hydrogen (secondary N) is 1. The van der Waals surface area contributed by atoms with Gasteiger partial charge in [0, 0.05) is 23.3 Å². The van der Waals surface area contributed by atoms with Crippen molar-refractivity contribution in [2.75, 3.05) is 13.1 Å². The molecule has 90 valence electrons. The number of hydrogen-bond acceptors (Lipinski definition) is 2. The van der Waals surface area contributed by atoms with Gasteiger partial charge in [-0.05, 0) is 46.2 Å². The molecular formula is C13H23N3. The van der Waals surface area contributed by atoms with E-state index < -0.39 is 0 Å². The Morgan fingerprint density at radius 2 is 2.12 bits per heavy atom. The Labute approximate surface area is 98.3 Å². The molecule has 3 heteroatoms. The van der Waals surface area contributed by atoms with Gasteiger partial charge in [0.25, 0.3) is 0 Å². The molecule has 0 spiro atoms. The largest absolute Gasteiger partial charge is 0.329 e. The fourth-order valence-electron chi connectivity index (χ4n) is 2.40. The minimum absolute atomic E-state index is 0.191. The van der Waals surface area contributed by atoms with E-state index in [0.717, 1.165) is 19.5 Å². The van der Waals surface area contributed by atoms with E-state index in [9.17, 15) is 0 Å². The predicted octanol–water partition coefficient (Wildman–Crippen LogP) is 2.50. The number of hydrogen-bond donors (Lipinski definition) is 1. The standard InChI is InChI=1S/C13H23N3/c1-4-13(2,3)16-10-15-9-12(16)11-5-7-14-8-6-11/h9-11,14H,4-8H2,1-3H3. The van der Waals surface area contributed by atoms with Crippen LogP contribution in [-0.2, 0) is 5.54 Å². The average Bonchev–Trinajstić information content (AvgIpc) is 2.80. The second-order valence-corrected chi connectivity index (χ2v) is 5.38. The van der Waals surface area contributed by atoms with Crippen molar-refractivity contribution in [2.45, 2.75) is 51.5 Å². The van der Waals surface area contributed by atoms with Crippen molar-refractivity contribution in [2.24, 2.45) is 0 Å². The normalized spacial score (nSPS) is 18.9.